The quantitative estimate of drug-likeness (QED) is 0.498. The predicted molar refractivity (Wildman–Crippen MR) is 97.3 cm³/mol. The molecule has 8 heteroatoms. The first-order valence-electron chi connectivity index (χ1n) is 7.46. The fourth-order valence-corrected chi connectivity index (χ4v) is 3.07. The van der Waals surface area contributed by atoms with Crippen molar-refractivity contribution in [3.05, 3.63) is 33.9 Å². The molecule has 1 atom stereocenters. The first-order chi connectivity index (χ1) is 11.7. The molecule has 0 aromatic heterocycles. The maximum absolute atomic E-state index is 12.2. The number of ether oxygens (including phenoxy) is 1. The molecule has 25 heavy (non-hydrogen) atoms. The van der Waals surface area contributed by atoms with Crippen LogP contribution in [0.25, 0.3) is 0 Å². The number of Topliss-reactive ketones (excluding diaryl/α,β-unsaturated/α-hetero) is 1. The van der Waals surface area contributed by atoms with Crippen molar-refractivity contribution in [2.75, 3.05) is 19.1 Å². The summed E-state index contributed by atoms with van der Waals surface area (Å²) >= 11 is 6.14. The average molecular weight is 389 g/mol. The molecule has 1 unspecified atom stereocenters. The second-order valence-electron chi connectivity index (χ2n) is 5.56. The van der Waals surface area contributed by atoms with Crippen LogP contribution in [0.2, 0.25) is 5.02 Å². The van der Waals surface area contributed by atoms with Gasteiger partial charge in [0.25, 0.3) is 0 Å². The van der Waals surface area contributed by atoms with Crippen LogP contribution in [-0.4, -0.2) is 45.3 Å². The van der Waals surface area contributed by atoms with Gasteiger partial charge in [-0.05, 0) is 25.8 Å². The summed E-state index contributed by atoms with van der Waals surface area (Å²) in [7, 11) is 0.0510. The van der Waals surface area contributed by atoms with Crippen LogP contribution in [0.15, 0.2) is 17.7 Å². The number of halogens is 1. The summed E-state index contributed by atoms with van der Waals surface area (Å²) in [4.78, 5) is 22.8. The molecule has 0 saturated carbocycles. The molecule has 0 aliphatic rings. The second kappa shape index (κ2) is 9.58. The number of hydrogen-bond acceptors (Lipinski definition) is 5. The zero-order valence-corrected chi connectivity index (χ0v) is 15.9. The Morgan fingerprint density at radius 3 is 2.52 bits per heavy atom. The van der Waals surface area contributed by atoms with Crippen LogP contribution in [0.3, 0.4) is 0 Å². The third-order valence-electron chi connectivity index (χ3n) is 3.53. The van der Waals surface area contributed by atoms with E-state index in [0.29, 0.717) is 12.0 Å². The Kier molecular flexibility index (Phi) is 8.12. The SMILES string of the molecule is COc1c(Cl)cc(C(=O)CS(C)=O)c(O)c1C/C=C(\C)CCC(=O)O. The third-order valence-corrected chi connectivity index (χ3v) is 4.48. The number of ketones is 1. The normalized spacial score (nSPS) is 12.7. The van der Waals surface area contributed by atoms with Crippen LogP contribution in [0, 0.1) is 0 Å². The standard InChI is InChI=1S/C17H21ClO6S/c1-10(5-7-15(20)21)4-6-11-16(22)12(14(19)9-25(3)23)8-13(18)17(11)24-2/h4,8,22H,5-7,9H2,1-3H3,(H,20,21)/b10-4+. The topological polar surface area (TPSA) is 101 Å². The largest absolute Gasteiger partial charge is 0.507 e. The maximum atomic E-state index is 12.2. The predicted octanol–water partition coefficient (Wildman–Crippen LogP) is 2.97. The molecule has 1 aromatic carbocycles. The van der Waals surface area contributed by atoms with Gasteiger partial charge in [0, 0.05) is 29.0 Å². The van der Waals surface area contributed by atoms with E-state index < -0.39 is 22.6 Å². The van der Waals surface area contributed by atoms with E-state index >= 15 is 0 Å². The lowest BCUT2D eigenvalue weighted by molar-refractivity contribution is -0.136. The van der Waals surface area contributed by atoms with Crippen LogP contribution in [0.4, 0.5) is 0 Å². The average Bonchev–Trinajstić information content (AvgIpc) is 2.52. The fraction of sp³-hybridized carbons (Fsp3) is 0.412. The Hall–Kier alpha value is -1.86. The highest BCUT2D eigenvalue weighted by atomic mass is 35.5. The highest BCUT2D eigenvalue weighted by molar-refractivity contribution is 7.85. The van der Waals surface area contributed by atoms with Gasteiger partial charge in [0.1, 0.15) is 11.5 Å². The first-order valence-corrected chi connectivity index (χ1v) is 9.56. The van der Waals surface area contributed by atoms with E-state index in [0.717, 1.165) is 5.57 Å². The Labute approximate surface area is 153 Å². The third kappa shape index (κ3) is 6.17. The Bertz CT molecular complexity index is 726. The number of hydrogen-bond donors (Lipinski definition) is 2. The van der Waals surface area contributed by atoms with Gasteiger partial charge < -0.3 is 14.9 Å². The molecule has 1 aromatic rings. The first kappa shape index (κ1) is 21.2. The number of carboxylic acid groups (broad SMARTS) is 1. The summed E-state index contributed by atoms with van der Waals surface area (Å²) in [5.41, 5.74) is 1.15. The summed E-state index contributed by atoms with van der Waals surface area (Å²) in [5, 5.41) is 19.3. The van der Waals surface area contributed by atoms with Crippen molar-refractivity contribution in [1.29, 1.82) is 0 Å². The van der Waals surface area contributed by atoms with Gasteiger partial charge in [-0.2, -0.15) is 0 Å². The molecule has 0 saturated heterocycles. The van der Waals surface area contributed by atoms with E-state index in [1.807, 2.05) is 0 Å². The number of carbonyl (C=O) groups is 2. The van der Waals surface area contributed by atoms with Crippen LogP contribution in [0.1, 0.15) is 35.7 Å². The highest BCUT2D eigenvalue weighted by Gasteiger charge is 2.21. The van der Waals surface area contributed by atoms with E-state index in [9.17, 15) is 18.9 Å². The molecule has 0 bridgehead atoms. The number of phenolic OH excluding ortho intramolecular Hbond substituents is 1. The minimum atomic E-state index is -1.35. The molecule has 6 nitrogen and oxygen atoms in total. The van der Waals surface area contributed by atoms with Crippen molar-refractivity contribution in [2.24, 2.45) is 0 Å². The molecule has 0 aliphatic heterocycles. The summed E-state index contributed by atoms with van der Waals surface area (Å²) in [6.07, 6.45) is 3.75. The molecular weight excluding hydrogens is 368 g/mol. The van der Waals surface area contributed by atoms with Gasteiger partial charge in [0.15, 0.2) is 5.78 Å². The smallest absolute Gasteiger partial charge is 0.303 e. The number of phenols is 1. The van der Waals surface area contributed by atoms with Crippen molar-refractivity contribution in [1.82, 2.24) is 0 Å². The second-order valence-corrected chi connectivity index (χ2v) is 7.40. The lowest BCUT2D eigenvalue weighted by atomic mass is 10.0. The van der Waals surface area contributed by atoms with E-state index in [4.69, 9.17) is 21.4 Å². The summed E-state index contributed by atoms with van der Waals surface area (Å²) in [6.45, 7) is 1.78. The Balaban J connectivity index is 3.21. The van der Waals surface area contributed by atoms with Crippen molar-refractivity contribution in [2.45, 2.75) is 26.2 Å². The van der Waals surface area contributed by atoms with Gasteiger partial charge in [0.05, 0.1) is 23.4 Å². The molecule has 0 aliphatic carbocycles. The lowest BCUT2D eigenvalue weighted by Gasteiger charge is -2.14. The minimum absolute atomic E-state index is 0.00686. The molecule has 2 N–H and O–H groups in total. The van der Waals surface area contributed by atoms with Gasteiger partial charge >= 0.3 is 5.97 Å². The van der Waals surface area contributed by atoms with E-state index in [1.165, 1.54) is 19.4 Å². The van der Waals surface area contributed by atoms with Gasteiger partial charge in [-0.3, -0.25) is 13.8 Å². The number of allylic oxidation sites excluding steroid dienone is 2. The molecule has 0 radical (unpaired) electrons. The van der Waals surface area contributed by atoms with Gasteiger partial charge in [0.2, 0.25) is 0 Å². The summed E-state index contributed by atoms with van der Waals surface area (Å²) < 4.78 is 16.5. The van der Waals surface area contributed by atoms with E-state index in [2.05, 4.69) is 0 Å². The zero-order chi connectivity index (χ0) is 19.1. The van der Waals surface area contributed by atoms with E-state index in [-0.39, 0.29) is 40.7 Å². The highest BCUT2D eigenvalue weighted by Crippen LogP contribution is 2.39. The maximum Gasteiger partial charge on any atom is 0.303 e. The van der Waals surface area contributed by atoms with Crippen LogP contribution in [0.5, 0.6) is 11.5 Å². The van der Waals surface area contributed by atoms with Crippen LogP contribution < -0.4 is 4.74 Å². The molecular formula is C17H21ClO6S. The van der Waals surface area contributed by atoms with Crippen LogP contribution in [-0.2, 0) is 22.0 Å². The monoisotopic (exact) mass is 388 g/mol. The number of benzene rings is 1. The molecule has 0 heterocycles. The Morgan fingerprint density at radius 2 is 2.00 bits per heavy atom. The molecule has 1 rings (SSSR count). The summed E-state index contributed by atoms with van der Waals surface area (Å²) in [6, 6.07) is 1.30. The van der Waals surface area contributed by atoms with Gasteiger partial charge in [-0.15, -0.1) is 0 Å². The lowest BCUT2D eigenvalue weighted by Crippen LogP contribution is -2.11. The number of carbonyl (C=O) groups excluding carboxylic acids is 1. The zero-order valence-electron chi connectivity index (χ0n) is 14.3. The minimum Gasteiger partial charge on any atom is -0.507 e. The molecule has 138 valence electrons. The molecule has 0 amide bonds. The van der Waals surface area contributed by atoms with E-state index in [1.54, 1.807) is 13.0 Å². The summed E-state index contributed by atoms with van der Waals surface area (Å²) in [5.74, 6) is -1.61. The molecule has 0 fully saturated rings. The number of carboxylic acids is 1. The van der Waals surface area contributed by atoms with Crippen molar-refractivity contribution in [3.63, 3.8) is 0 Å². The number of methoxy groups -OCH3 is 1. The number of aromatic hydroxyl groups is 1. The van der Waals surface area contributed by atoms with Crippen LogP contribution >= 0.6 is 11.6 Å². The molecule has 0 spiro atoms. The fourth-order valence-electron chi connectivity index (χ4n) is 2.24. The van der Waals surface area contributed by atoms with Crippen molar-refractivity contribution in [3.8, 4) is 11.5 Å². The van der Waals surface area contributed by atoms with Gasteiger partial charge in [-0.1, -0.05) is 23.3 Å². The Morgan fingerprint density at radius 1 is 1.36 bits per heavy atom. The van der Waals surface area contributed by atoms with Crippen molar-refractivity contribution >= 4 is 34.2 Å². The van der Waals surface area contributed by atoms with Crippen molar-refractivity contribution < 1.29 is 28.7 Å². The number of aliphatic carboxylic acids is 1. The van der Waals surface area contributed by atoms with Gasteiger partial charge in [-0.25, -0.2) is 0 Å². The number of rotatable bonds is 9.